The van der Waals surface area contributed by atoms with Crippen LogP contribution in [0.2, 0.25) is 0 Å². The Morgan fingerprint density at radius 1 is 1.53 bits per heavy atom. The maximum absolute atomic E-state index is 11.3. The fraction of sp³-hybridized carbons (Fsp3) is 0.200. The summed E-state index contributed by atoms with van der Waals surface area (Å²) in [5, 5.41) is 13.3. The second-order valence-corrected chi connectivity index (χ2v) is 3.25. The SMILES string of the molecule is CNCC(=O)Nc1ccc2[nH]ncc2c1. The Labute approximate surface area is 86.9 Å². The van der Waals surface area contributed by atoms with Gasteiger partial charge in [0.15, 0.2) is 0 Å². The number of carbonyl (C=O) groups excluding carboxylic acids is 1. The quantitative estimate of drug-likeness (QED) is 0.690. The second-order valence-electron chi connectivity index (χ2n) is 3.25. The fourth-order valence-corrected chi connectivity index (χ4v) is 1.39. The van der Waals surface area contributed by atoms with Gasteiger partial charge in [-0.25, -0.2) is 0 Å². The minimum atomic E-state index is -0.0552. The van der Waals surface area contributed by atoms with E-state index >= 15 is 0 Å². The van der Waals surface area contributed by atoms with Crippen LogP contribution in [0.5, 0.6) is 0 Å². The van der Waals surface area contributed by atoms with Crippen LogP contribution in [0.3, 0.4) is 0 Å². The molecule has 78 valence electrons. The molecule has 0 saturated carbocycles. The molecule has 2 aromatic rings. The van der Waals surface area contributed by atoms with Crippen molar-refractivity contribution in [2.24, 2.45) is 0 Å². The first kappa shape index (κ1) is 9.67. The average Bonchev–Trinajstić information content (AvgIpc) is 2.65. The van der Waals surface area contributed by atoms with Crippen molar-refractivity contribution in [1.29, 1.82) is 0 Å². The molecule has 2 rings (SSSR count). The summed E-state index contributed by atoms with van der Waals surface area (Å²) in [5.74, 6) is -0.0552. The van der Waals surface area contributed by atoms with Crippen molar-refractivity contribution in [3.8, 4) is 0 Å². The summed E-state index contributed by atoms with van der Waals surface area (Å²) < 4.78 is 0. The minimum Gasteiger partial charge on any atom is -0.325 e. The molecular formula is C10H12N4O. The molecule has 1 aromatic heterocycles. The topological polar surface area (TPSA) is 69.8 Å². The Morgan fingerprint density at radius 3 is 3.20 bits per heavy atom. The van der Waals surface area contributed by atoms with Gasteiger partial charge in [-0.05, 0) is 25.2 Å². The zero-order valence-corrected chi connectivity index (χ0v) is 8.37. The van der Waals surface area contributed by atoms with Gasteiger partial charge in [0.05, 0.1) is 18.3 Å². The predicted octanol–water partition coefficient (Wildman–Crippen LogP) is 0.721. The summed E-state index contributed by atoms with van der Waals surface area (Å²) in [6.07, 6.45) is 1.73. The van der Waals surface area contributed by atoms with Gasteiger partial charge in [-0.1, -0.05) is 0 Å². The van der Waals surface area contributed by atoms with E-state index in [2.05, 4.69) is 20.8 Å². The maximum atomic E-state index is 11.3. The fourth-order valence-electron chi connectivity index (χ4n) is 1.39. The van der Waals surface area contributed by atoms with Crippen LogP contribution >= 0.6 is 0 Å². The number of carbonyl (C=O) groups is 1. The number of hydrogen-bond acceptors (Lipinski definition) is 3. The van der Waals surface area contributed by atoms with E-state index in [4.69, 9.17) is 0 Å². The lowest BCUT2D eigenvalue weighted by Gasteiger charge is -2.04. The van der Waals surface area contributed by atoms with Crippen LogP contribution in [0, 0.1) is 0 Å². The minimum absolute atomic E-state index is 0.0552. The van der Waals surface area contributed by atoms with Crippen molar-refractivity contribution in [1.82, 2.24) is 15.5 Å². The summed E-state index contributed by atoms with van der Waals surface area (Å²) in [6, 6.07) is 5.61. The smallest absolute Gasteiger partial charge is 0.238 e. The Hall–Kier alpha value is -1.88. The molecule has 3 N–H and O–H groups in total. The number of aromatic amines is 1. The number of nitrogens with zero attached hydrogens (tertiary/aromatic N) is 1. The number of H-pyrrole nitrogens is 1. The summed E-state index contributed by atoms with van der Waals surface area (Å²) in [5.41, 5.74) is 1.74. The predicted molar refractivity (Wildman–Crippen MR) is 58.7 cm³/mol. The Morgan fingerprint density at radius 2 is 2.40 bits per heavy atom. The molecule has 5 heteroatoms. The molecule has 1 amide bonds. The van der Waals surface area contributed by atoms with Gasteiger partial charge in [0, 0.05) is 11.1 Å². The van der Waals surface area contributed by atoms with Gasteiger partial charge in [-0.3, -0.25) is 9.89 Å². The highest BCUT2D eigenvalue weighted by Gasteiger charge is 2.01. The van der Waals surface area contributed by atoms with Gasteiger partial charge in [0.25, 0.3) is 0 Å². The number of likely N-dealkylation sites (N-methyl/N-ethyl adjacent to an activating group) is 1. The van der Waals surface area contributed by atoms with Crippen LogP contribution in [-0.2, 0) is 4.79 Å². The molecule has 1 heterocycles. The highest BCUT2D eigenvalue weighted by molar-refractivity contribution is 5.94. The first-order chi connectivity index (χ1) is 7.29. The van der Waals surface area contributed by atoms with E-state index in [1.165, 1.54) is 0 Å². The van der Waals surface area contributed by atoms with Crippen molar-refractivity contribution in [3.63, 3.8) is 0 Å². The van der Waals surface area contributed by atoms with Crippen molar-refractivity contribution in [2.45, 2.75) is 0 Å². The van der Waals surface area contributed by atoms with Gasteiger partial charge >= 0.3 is 0 Å². The van der Waals surface area contributed by atoms with Crippen LogP contribution < -0.4 is 10.6 Å². The first-order valence-corrected chi connectivity index (χ1v) is 4.67. The van der Waals surface area contributed by atoms with Gasteiger partial charge < -0.3 is 10.6 Å². The number of rotatable bonds is 3. The van der Waals surface area contributed by atoms with E-state index in [9.17, 15) is 4.79 Å². The van der Waals surface area contributed by atoms with Gasteiger partial charge in [0.1, 0.15) is 0 Å². The molecule has 1 aromatic carbocycles. The summed E-state index contributed by atoms with van der Waals surface area (Å²) >= 11 is 0. The number of nitrogens with one attached hydrogen (secondary N) is 3. The van der Waals surface area contributed by atoms with E-state index < -0.39 is 0 Å². The molecule has 0 radical (unpaired) electrons. The molecule has 15 heavy (non-hydrogen) atoms. The number of fused-ring (bicyclic) bond motifs is 1. The standard InChI is InChI=1S/C10H12N4O/c1-11-6-10(15)13-8-2-3-9-7(4-8)5-12-14-9/h2-5,11H,6H2,1H3,(H,12,14)(H,13,15). The number of hydrogen-bond donors (Lipinski definition) is 3. The Kier molecular flexibility index (Phi) is 2.64. The number of benzene rings is 1. The van der Waals surface area contributed by atoms with E-state index in [1.807, 2.05) is 18.2 Å². The molecule has 0 fully saturated rings. The molecule has 0 spiro atoms. The average molecular weight is 204 g/mol. The number of amides is 1. The number of aromatic nitrogens is 2. The Balaban J connectivity index is 2.17. The lowest BCUT2D eigenvalue weighted by Crippen LogP contribution is -2.24. The second kappa shape index (κ2) is 4.10. The normalized spacial score (nSPS) is 10.5. The lowest BCUT2D eigenvalue weighted by molar-refractivity contribution is -0.115. The molecule has 5 nitrogen and oxygen atoms in total. The van der Waals surface area contributed by atoms with Crippen LogP contribution in [0.4, 0.5) is 5.69 Å². The third-order valence-electron chi connectivity index (χ3n) is 2.06. The van der Waals surface area contributed by atoms with Crippen LogP contribution in [0.25, 0.3) is 10.9 Å². The van der Waals surface area contributed by atoms with Crippen molar-refractivity contribution in [2.75, 3.05) is 18.9 Å². The van der Waals surface area contributed by atoms with Crippen molar-refractivity contribution in [3.05, 3.63) is 24.4 Å². The highest BCUT2D eigenvalue weighted by atomic mass is 16.1. The van der Waals surface area contributed by atoms with Gasteiger partial charge in [0.2, 0.25) is 5.91 Å². The highest BCUT2D eigenvalue weighted by Crippen LogP contribution is 2.16. The van der Waals surface area contributed by atoms with E-state index in [0.29, 0.717) is 6.54 Å². The molecule has 0 aliphatic carbocycles. The maximum Gasteiger partial charge on any atom is 0.238 e. The molecule has 0 aliphatic rings. The molecule has 0 bridgehead atoms. The molecule has 0 aliphatic heterocycles. The van der Waals surface area contributed by atoms with E-state index in [-0.39, 0.29) is 5.91 Å². The van der Waals surface area contributed by atoms with Crippen LogP contribution in [0.1, 0.15) is 0 Å². The largest absolute Gasteiger partial charge is 0.325 e. The van der Waals surface area contributed by atoms with Gasteiger partial charge in [-0.15, -0.1) is 0 Å². The summed E-state index contributed by atoms with van der Waals surface area (Å²) in [7, 11) is 1.73. The third kappa shape index (κ3) is 2.13. The summed E-state index contributed by atoms with van der Waals surface area (Å²) in [4.78, 5) is 11.3. The molecular weight excluding hydrogens is 192 g/mol. The van der Waals surface area contributed by atoms with Crippen molar-refractivity contribution >= 4 is 22.5 Å². The van der Waals surface area contributed by atoms with E-state index in [0.717, 1.165) is 16.6 Å². The van der Waals surface area contributed by atoms with Crippen LogP contribution in [-0.4, -0.2) is 29.7 Å². The zero-order valence-electron chi connectivity index (χ0n) is 8.37. The van der Waals surface area contributed by atoms with Crippen molar-refractivity contribution < 1.29 is 4.79 Å². The first-order valence-electron chi connectivity index (χ1n) is 4.67. The van der Waals surface area contributed by atoms with E-state index in [1.54, 1.807) is 13.2 Å². The zero-order chi connectivity index (χ0) is 10.7. The monoisotopic (exact) mass is 204 g/mol. The summed E-state index contributed by atoms with van der Waals surface area (Å²) in [6.45, 7) is 0.309. The van der Waals surface area contributed by atoms with Gasteiger partial charge in [-0.2, -0.15) is 5.10 Å². The molecule has 0 atom stereocenters. The molecule has 0 unspecified atom stereocenters. The Bertz CT molecular complexity index is 477. The lowest BCUT2D eigenvalue weighted by atomic mass is 10.2. The molecule has 0 saturated heterocycles. The number of anilines is 1. The van der Waals surface area contributed by atoms with Crippen LogP contribution in [0.15, 0.2) is 24.4 Å². The third-order valence-corrected chi connectivity index (χ3v) is 2.06.